The number of nitrogens with zero attached hydrogens (tertiary/aromatic N) is 1. The number of morpholine rings is 1. The van der Waals surface area contributed by atoms with Gasteiger partial charge in [-0.3, -0.25) is 9.59 Å². The molecule has 1 aromatic carbocycles. The maximum atomic E-state index is 12.7. The van der Waals surface area contributed by atoms with E-state index in [2.05, 4.69) is 4.98 Å². The van der Waals surface area contributed by atoms with Crippen LogP contribution in [0.25, 0.3) is 10.9 Å². The summed E-state index contributed by atoms with van der Waals surface area (Å²) in [5.41, 5.74) is 0.288. The van der Waals surface area contributed by atoms with Crippen molar-refractivity contribution in [3.63, 3.8) is 0 Å². The highest BCUT2D eigenvalue weighted by molar-refractivity contribution is 5.97. The molecule has 0 saturated carbocycles. The first-order valence-corrected chi connectivity index (χ1v) is 7.45. The van der Waals surface area contributed by atoms with Crippen molar-refractivity contribution in [1.82, 2.24) is 9.88 Å². The molecular weight excluding hydrogens is 280 g/mol. The number of fused-ring (bicyclic) bond motifs is 1. The molecule has 116 valence electrons. The standard InChI is InChI=1S/C17H20N2O3/c1-11-9-19(10-17(2,3)22-11)16(21)13-8-18-14-7-5-4-6-12(14)15(13)20/h4-8,11H,9-10H2,1-3H3,(H,18,20)/t11-/m0/s1. The van der Waals surface area contributed by atoms with Crippen LogP contribution in [-0.4, -0.2) is 40.6 Å². The summed E-state index contributed by atoms with van der Waals surface area (Å²) in [6.07, 6.45) is 1.47. The minimum Gasteiger partial charge on any atom is -0.369 e. The molecule has 0 aliphatic carbocycles. The Morgan fingerprint density at radius 1 is 1.36 bits per heavy atom. The summed E-state index contributed by atoms with van der Waals surface area (Å²) < 4.78 is 5.81. The van der Waals surface area contributed by atoms with E-state index in [1.165, 1.54) is 6.20 Å². The minimum absolute atomic E-state index is 0.0489. The van der Waals surface area contributed by atoms with Gasteiger partial charge < -0.3 is 14.6 Å². The molecule has 1 atom stereocenters. The lowest BCUT2D eigenvalue weighted by atomic mass is 10.0. The third-order valence-corrected chi connectivity index (χ3v) is 3.88. The molecular formula is C17H20N2O3. The fraction of sp³-hybridized carbons (Fsp3) is 0.412. The van der Waals surface area contributed by atoms with Crippen molar-refractivity contribution in [1.29, 1.82) is 0 Å². The van der Waals surface area contributed by atoms with Crippen LogP contribution in [0.3, 0.4) is 0 Å². The number of carbonyl (C=O) groups is 1. The molecule has 3 rings (SSSR count). The quantitative estimate of drug-likeness (QED) is 0.878. The van der Waals surface area contributed by atoms with Crippen molar-refractivity contribution >= 4 is 16.8 Å². The van der Waals surface area contributed by atoms with Gasteiger partial charge in [0.1, 0.15) is 5.56 Å². The molecule has 5 heteroatoms. The summed E-state index contributed by atoms with van der Waals surface area (Å²) in [5.74, 6) is -0.241. The second-order valence-electron chi connectivity index (χ2n) is 6.45. The van der Waals surface area contributed by atoms with Crippen LogP contribution in [0.1, 0.15) is 31.1 Å². The molecule has 1 fully saturated rings. The average molecular weight is 300 g/mol. The van der Waals surface area contributed by atoms with Gasteiger partial charge in [0.15, 0.2) is 0 Å². The summed E-state index contributed by atoms with van der Waals surface area (Å²) in [4.78, 5) is 30.0. The van der Waals surface area contributed by atoms with Crippen molar-refractivity contribution < 1.29 is 9.53 Å². The van der Waals surface area contributed by atoms with Gasteiger partial charge in [-0.2, -0.15) is 0 Å². The normalized spacial score (nSPS) is 21.0. The number of ether oxygens (including phenoxy) is 1. The van der Waals surface area contributed by atoms with E-state index >= 15 is 0 Å². The Labute approximate surface area is 128 Å². The number of aromatic amines is 1. The van der Waals surface area contributed by atoms with Crippen LogP contribution < -0.4 is 5.43 Å². The fourth-order valence-corrected chi connectivity index (χ4v) is 3.11. The zero-order chi connectivity index (χ0) is 15.9. The number of pyridine rings is 1. The maximum absolute atomic E-state index is 12.7. The third kappa shape index (κ3) is 2.64. The first-order chi connectivity index (χ1) is 10.4. The first-order valence-electron chi connectivity index (χ1n) is 7.45. The molecule has 0 radical (unpaired) electrons. The lowest BCUT2D eigenvalue weighted by Gasteiger charge is -2.41. The zero-order valence-electron chi connectivity index (χ0n) is 13.1. The van der Waals surface area contributed by atoms with Crippen LogP contribution >= 0.6 is 0 Å². The Bertz CT molecular complexity index is 779. The highest BCUT2D eigenvalue weighted by Crippen LogP contribution is 2.22. The molecule has 1 saturated heterocycles. The molecule has 5 nitrogen and oxygen atoms in total. The SMILES string of the molecule is C[C@H]1CN(C(=O)c2c[nH]c3ccccc3c2=O)CC(C)(C)O1. The van der Waals surface area contributed by atoms with Gasteiger partial charge in [-0.1, -0.05) is 12.1 Å². The van der Waals surface area contributed by atoms with E-state index in [-0.39, 0.29) is 23.0 Å². The van der Waals surface area contributed by atoms with E-state index in [9.17, 15) is 9.59 Å². The molecule has 0 bridgehead atoms. The van der Waals surface area contributed by atoms with Crippen molar-refractivity contribution in [3.05, 3.63) is 46.2 Å². The Morgan fingerprint density at radius 3 is 2.82 bits per heavy atom. The molecule has 1 amide bonds. The number of rotatable bonds is 1. The van der Waals surface area contributed by atoms with Gasteiger partial charge in [-0.15, -0.1) is 0 Å². The number of H-pyrrole nitrogens is 1. The molecule has 1 N–H and O–H groups in total. The average Bonchev–Trinajstić information content (AvgIpc) is 2.45. The summed E-state index contributed by atoms with van der Waals surface area (Å²) in [7, 11) is 0. The number of hydrogen-bond donors (Lipinski definition) is 1. The number of hydrogen-bond acceptors (Lipinski definition) is 3. The van der Waals surface area contributed by atoms with Crippen LogP contribution in [0.15, 0.2) is 35.3 Å². The van der Waals surface area contributed by atoms with E-state index in [1.807, 2.05) is 32.9 Å². The molecule has 1 aromatic heterocycles. The van der Waals surface area contributed by atoms with E-state index in [0.717, 1.165) is 5.52 Å². The van der Waals surface area contributed by atoms with Crippen LogP contribution in [0.4, 0.5) is 0 Å². The Hall–Kier alpha value is -2.14. The maximum Gasteiger partial charge on any atom is 0.259 e. The second kappa shape index (κ2) is 5.25. The van der Waals surface area contributed by atoms with E-state index in [4.69, 9.17) is 4.74 Å². The lowest BCUT2D eigenvalue weighted by molar-refractivity contribution is -0.118. The number of benzene rings is 1. The number of aromatic nitrogens is 1. The predicted octanol–water partition coefficient (Wildman–Crippen LogP) is 2.17. The predicted molar refractivity (Wildman–Crippen MR) is 85.1 cm³/mol. The van der Waals surface area contributed by atoms with Crippen molar-refractivity contribution in [3.8, 4) is 0 Å². The van der Waals surface area contributed by atoms with Gasteiger partial charge >= 0.3 is 0 Å². The van der Waals surface area contributed by atoms with Crippen molar-refractivity contribution in [2.75, 3.05) is 13.1 Å². The van der Waals surface area contributed by atoms with Gasteiger partial charge in [0, 0.05) is 30.2 Å². The summed E-state index contributed by atoms with van der Waals surface area (Å²) >= 11 is 0. The topological polar surface area (TPSA) is 62.4 Å². The monoisotopic (exact) mass is 300 g/mol. The van der Waals surface area contributed by atoms with Crippen LogP contribution in [0, 0.1) is 0 Å². The number of nitrogens with one attached hydrogen (secondary N) is 1. The van der Waals surface area contributed by atoms with Crippen molar-refractivity contribution in [2.24, 2.45) is 0 Å². The Balaban J connectivity index is 1.99. The summed E-state index contributed by atoms with van der Waals surface area (Å²) in [5, 5.41) is 0.536. The van der Waals surface area contributed by atoms with Gasteiger partial charge in [-0.25, -0.2) is 0 Å². The van der Waals surface area contributed by atoms with E-state index in [1.54, 1.807) is 17.0 Å². The number of amides is 1. The Kier molecular flexibility index (Phi) is 3.53. The molecule has 22 heavy (non-hydrogen) atoms. The van der Waals surface area contributed by atoms with Gasteiger partial charge in [0.05, 0.1) is 11.7 Å². The third-order valence-electron chi connectivity index (χ3n) is 3.88. The second-order valence-corrected chi connectivity index (χ2v) is 6.45. The van der Waals surface area contributed by atoms with E-state index < -0.39 is 5.60 Å². The van der Waals surface area contributed by atoms with Crippen molar-refractivity contribution in [2.45, 2.75) is 32.5 Å². The smallest absolute Gasteiger partial charge is 0.259 e. The van der Waals surface area contributed by atoms with Gasteiger partial charge in [0.25, 0.3) is 5.91 Å². The molecule has 1 aliphatic rings. The first kappa shape index (κ1) is 14.8. The largest absolute Gasteiger partial charge is 0.369 e. The molecule has 2 aromatic rings. The van der Waals surface area contributed by atoms with Crippen LogP contribution in [0.2, 0.25) is 0 Å². The molecule has 2 heterocycles. The molecule has 0 unspecified atom stereocenters. The summed E-state index contributed by atoms with van der Waals surface area (Å²) in [6.45, 7) is 6.81. The van der Waals surface area contributed by atoms with Gasteiger partial charge in [-0.05, 0) is 32.9 Å². The van der Waals surface area contributed by atoms with Crippen LogP contribution in [0.5, 0.6) is 0 Å². The van der Waals surface area contributed by atoms with Gasteiger partial charge in [0.2, 0.25) is 5.43 Å². The molecule has 1 aliphatic heterocycles. The van der Waals surface area contributed by atoms with Crippen LogP contribution in [-0.2, 0) is 4.74 Å². The zero-order valence-corrected chi connectivity index (χ0v) is 13.1. The summed E-state index contributed by atoms with van der Waals surface area (Å²) in [6, 6.07) is 7.21. The fourth-order valence-electron chi connectivity index (χ4n) is 3.11. The number of carbonyl (C=O) groups excluding carboxylic acids is 1. The highest BCUT2D eigenvalue weighted by Gasteiger charge is 2.34. The minimum atomic E-state index is -0.406. The Morgan fingerprint density at radius 2 is 2.09 bits per heavy atom. The van der Waals surface area contributed by atoms with E-state index in [0.29, 0.717) is 18.5 Å². The highest BCUT2D eigenvalue weighted by atomic mass is 16.5. The number of para-hydroxylation sites is 1. The lowest BCUT2D eigenvalue weighted by Crippen LogP contribution is -2.54. The molecule has 0 spiro atoms.